The topological polar surface area (TPSA) is 41.6 Å². The Balaban J connectivity index is 1.65. The normalized spacial score (nSPS) is 17.0. The maximum atomic E-state index is 12.2. The standard InChI is InChI=1S/C18H22N2O2S/c1-13-7-12-23-17(13)18(21)19-16-5-3-15(4-6-16)14(2)20-8-10-22-11-9-20/h3-7,12,14H,8-11H2,1-2H3,(H,19,21)/t14-/m1/s1. The average molecular weight is 330 g/mol. The van der Waals surface area contributed by atoms with Gasteiger partial charge in [-0.2, -0.15) is 0 Å². The van der Waals surface area contributed by atoms with Crippen molar-refractivity contribution in [2.24, 2.45) is 0 Å². The molecule has 0 aliphatic carbocycles. The van der Waals surface area contributed by atoms with Crippen LogP contribution in [0.15, 0.2) is 35.7 Å². The smallest absolute Gasteiger partial charge is 0.265 e. The number of rotatable bonds is 4. The highest BCUT2D eigenvalue weighted by Gasteiger charge is 2.18. The number of thiophene rings is 1. The van der Waals surface area contributed by atoms with Gasteiger partial charge in [-0.25, -0.2) is 0 Å². The molecule has 23 heavy (non-hydrogen) atoms. The van der Waals surface area contributed by atoms with Gasteiger partial charge in [0, 0.05) is 24.8 Å². The molecular formula is C18H22N2O2S. The van der Waals surface area contributed by atoms with Gasteiger partial charge in [0.15, 0.2) is 0 Å². The van der Waals surface area contributed by atoms with Crippen molar-refractivity contribution in [3.8, 4) is 0 Å². The number of carbonyl (C=O) groups excluding carboxylic acids is 1. The second-order valence-electron chi connectivity index (χ2n) is 5.83. The van der Waals surface area contributed by atoms with Crippen molar-refractivity contribution in [3.63, 3.8) is 0 Å². The number of carbonyl (C=O) groups is 1. The van der Waals surface area contributed by atoms with Crippen LogP contribution in [0, 0.1) is 6.92 Å². The van der Waals surface area contributed by atoms with E-state index in [1.165, 1.54) is 16.9 Å². The van der Waals surface area contributed by atoms with E-state index in [0.717, 1.165) is 42.4 Å². The van der Waals surface area contributed by atoms with Crippen LogP contribution in [0.1, 0.15) is 33.8 Å². The highest BCUT2D eigenvalue weighted by molar-refractivity contribution is 7.12. The van der Waals surface area contributed by atoms with E-state index >= 15 is 0 Å². The molecule has 0 radical (unpaired) electrons. The average Bonchev–Trinajstić information content (AvgIpc) is 3.02. The van der Waals surface area contributed by atoms with Gasteiger partial charge in [0.05, 0.1) is 18.1 Å². The van der Waals surface area contributed by atoms with Crippen molar-refractivity contribution in [1.29, 1.82) is 0 Å². The number of aryl methyl sites for hydroxylation is 1. The molecule has 5 heteroatoms. The molecule has 0 bridgehead atoms. The van der Waals surface area contributed by atoms with Crippen LogP contribution in [0.4, 0.5) is 5.69 Å². The van der Waals surface area contributed by atoms with E-state index in [-0.39, 0.29) is 5.91 Å². The molecule has 0 spiro atoms. The Morgan fingerprint density at radius 3 is 2.52 bits per heavy atom. The van der Waals surface area contributed by atoms with Crippen molar-refractivity contribution in [2.75, 3.05) is 31.6 Å². The number of hydrogen-bond acceptors (Lipinski definition) is 4. The van der Waals surface area contributed by atoms with E-state index in [0.29, 0.717) is 6.04 Å². The molecule has 3 rings (SSSR count). The summed E-state index contributed by atoms with van der Waals surface area (Å²) in [5.74, 6) is -0.0357. The Morgan fingerprint density at radius 1 is 1.22 bits per heavy atom. The number of nitrogens with one attached hydrogen (secondary N) is 1. The molecule has 1 aliphatic heterocycles. The maximum Gasteiger partial charge on any atom is 0.265 e. The minimum atomic E-state index is -0.0357. The number of benzene rings is 1. The summed E-state index contributed by atoms with van der Waals surface area (Å²) in [5.41, 5.74) is 3.11. The summed E-state index contributed by atoms with van der Waals surface area (Å²) >= 11 is 1.47. The van der Waals surface area contributed by atoms with Crippen LogP contribution in [0.25, 0.3) is 0 Å². The fourth-order valence-corrected chi connectivity index (χ4v) is 3.63. The van der Waals surface area contributed by atoms with Crippen molar-refractivity contribution in [2.45, 2.75) is 19.9 Å². The van der Waals surface area contributed by atoms with Gasteiger partial charge in [-0.1, -0.05) is 12.1 Å². The van der Waals surface area contributed by atoms with E-state index in [1.807, 2.05) is 30.5 Å². The van der Waals surface area contributed by atoms with Crippen molar-refractivity contribution in [3.05, 3.63) is 51.7 Å². The summed E-state index contributed by atoms with van der Waals surface area (Å²) in [6.45, 7) is 7.72. The van der Waals surface area contributed by atoms with Crippen LogP contribution >= 0.6 is 11.3 Å². The van der Waals surface area contributed by atoms with Gasteiger partial charge < -0.3 is 10.1 Å². The molecule has 122 valence electrons. The summed E-state index contributed by atoms with van der Waals surface area (Å²) in [4.78, 5) is 15.4. The quantitative estimate of drug-likeness (QED) is 0.929. The molecule has 1 amide bonds. The zero-order chi connectivity index (χ0) is 16.2. The third kappa shape index (κ3) is 3.80. The van der Waals surface area contributed by atoms with Gasteiger partial charge in [-0.15, -0.1) is 11.3 Å². The largest absolute Gasteiger partial charge is 0.379 e. The predicted molar refractivity (Wildman–Crippen MR) is 94.3 cm³/mol. The van der Waals surface area contributed by atoms with Crippen LogP contribution in [-0.2, 0) is 4.74 Å². The Labute approximate surface area is 141 Å². The monoisotopic (exact) mass is 330 g/mol. The Hall–Kier alpha value is -1.69. The van der Waals surface area contributed by atoms with Gasteiger partial charge in [0.1, 0.15) is 0 Å². The van der Waals surface area contributed by atoms with E-state index in [2.05, 4.69) is 29.3 Å². The Bertz CT molecular complexity index is 660. The molecule has 0 unspecified atom stereocenters. The minimum Gasteiger partial charge on any atom is -0.379 e. The predicted octanol–water partition coefficient (Wildman–Crippen LogP) is 3.70. The molecule has 1 aromatic heterocycles. The number of ether oxygens (including phenoxy) is 1. The molecule has 1 aromatic carbocycles. The first-order chi connectivity index (χ1) is 11.1. The summed E-state index contributed by atoms with van der Waals surface area (Å²) in [6.07, 6.45) is 0. The van der Waals surface area contributed by atoms with Crippen molar-refractivity contribution < 1.29 is 9.53 Å². The molecule has 1 aliphatic rings. The molecule has 1 fully saturated rings. The van der Waals surface area contributed by atoms with E-state index in [9.17, 15) is 4.79 Å². The number of morpholine rings is 1. The first kappa shape index (κ1) is 16.2. The molecule has 0 saturated carbocycles. The third-order valence-corrected chi connectivity index (χ3v) is 5.33. The molecule has 1 saturated heterocycles. The zero-order valence-corrected chi connectivity index (χ0v) is 14.4. The van der Waals surface area contributed by atoms with E-state index < -0.39 is 0 Å². The second-order valence-corrected chi connectivity index (χ2v) is 6.75. The minimum absolute atomic E-state index is 0.0357. The fraction of sp³-hybridized carbons (Fsp3) is 0.389. The highest BCUT2D eigenvalue weighted by Crippen LogP contribution is 2.23. The zero-order valence-electron chi connectivity index (χ0n) is 13.5. The van der Waals surface area contributed by atoms with Gasteiger partial charge in [-0.05, 0) is 48.6 Å². The highest BCUT2D eigenvalue weighted by atomic mass is 32.1. The molecule has 2 heterocycles. The number of nitrogens with zero attached hydrogens (tertiary/aromatic N) is 1. The van der Waals surface area contributed by atoms with E-state index in [4.69, 9.17) is 4.74 Å². The summed E-state index contributed by atoms with van der Waals surface area (Å²) in [6, 6.07) is 10.5. The van der Waals surface area contributed by atoms with Gasteiger partial charge in [-0.3, -0.25) is 9.69 Å². The summed E-state index contributed by atoms with van der Waals surface area (Å²) < 4.78 is 5.41. The van der Waals surface area contributed by atoms with Gasteiger partial charge in [0.25, 0.3) is 5.91 Å². The van der Waals surface area contributed by atoms with Crippen LogP contribution in [0.5, 0.6) is 0 Å². The molecule has 1 N–H and O–H groups in total. The van der Waals surface area contributed by atoms with Gasteiger partial charge in [0.2, 0.25) is 0 Å². The first-order valence-corrected chi connectivity index (χ1v) is 8.80. The van der Waals surface area contributed by atoms with Crippen LogP contribution in [0.2, 0.25) is 0 Å². The van der Waals surface area contributed by atoms with Crippen LogP contribution in [-0.4, -0.2) is 37.1 Å². The number of hydrogen-bond donors (Lipinski definition) is 1. The Kier molecular flexibility index (Phi) is 5.10. The second kappa shape index (κ2) is 7.25. The first-order valence-electron chi connectivity index (χ1n) is 7.92. The lowest BCUT2D eigenvalue weighted by molar-refractivity contribution is 0.0198. The lowest BCUT2D eigenvalue weighted by Gasteiger charge is -2.32. The van der Waals surface area contributed by atoms with Gasteiger partial charge >= 0.3 is 0 Å². The molecule has 4 nitrogen and oxygen atoms in total. The van der Waals surface area contributed by atoms with Crippen molar-refractivity contribution >= 4 is 22.9 Å². The number of anilines is 1. The van der Waals surface area contributed by atoms with Crippen LogP contribution in [0.3, 0.4) is 0 Å². The molecule has 2 aromatic rings. The third-order valence-electron chi connectivity index (χ3n) is 4.31. The summed E-state index contributed by atoms with van der Waals surface area (Å²) in [5, 5.41) is 4.91. The Morgan fingerprint density at radius 2 is 1.91 bits per heavy atom. The number of amides is 1. The SMILES string of the molecule is Cc1ccsc1C(=O)Nc1ccc([C@@H](C)N2CCOCC2)cc1. The molecule has 1 atom stereocenters. The summed E-state index contributed by atoms with van der Waals surface area (Å²) in [7, 11) is 0. The lowest BCUT2D eigenvalue weighted by atomic mass is 10.1. The fourth-order valence-electron chi connectivity index (χ4n) is 2.81. The van der Waals surface area contributed by atoms with Crippen LogP contribution < -0.4 is 5.32 Å². The lowest BCUT2D eigenvalue weighted by Crippen LogP contribution is -2.37. The van der Waals surface area contributed by atoms with E-state index in [1.54, 1.807) is 0 Å². The molecular weight excluding hydrogens is 308 g/mol. The van der Waals surface area contributed by atoms with Crippen molar-refractivity contribution in [1.82, 2.24) is 4.90 Å². The maximum absolute atomic E-state index is 12.2.